The number of H-pyrrole nitrogens is 1. The van der Waals surface area contributed by atoms with Gasteiger partial charge in [0.2, 0.25) is 0 Å². The standard InChI is InChI=1S/C17H22N2O/c1-4-5-12-9-16(12)19-17(20)13-6-7-15-14(8-13)10(2)11(3)18-15/h6-8,12,16,18H,4-5,9H2,1-3H3,(H,19,20). The Labute approximate surface area is 119 Å². The zero-order valence-corrected chi connectivity index (χ0v) is 12.4. The van der Waals surface area contributed by atoms with Crippen LogP contribution < -0.4 is 5.32 Å². The fourth-order valence-corrected chi connectivity index (χ4v) is 2.97. The lowest BCUT2D eigenvalue weighted by Crippen LogP contribution is -2.26. The SMILES string of the molecule is CCCC1CC1NC(=O)c1ccc2[nH]c(C)c(C)c2c1. The number of aryl methyl sites for hydroxylation is 2. The van der Waals surface area contributed by atoms with Crippen LogP contribution in [-0.4, -0.2) is 16.9 Å². The lowest BCUT2D eigenvalue weighted by Gasteiger charge is -2.05. The van der Waals surface area contributed by atoms with Gasteiger partial charge in [-0.3, -0.25) is 4.79 Å². The molecule has 20 heavy (non-hydrogen) atoms. The third kappa shape index (κ3) is 2.33. The van der Waals surface area contributed by atoms with Gasteiger partial charge in [-0.25, -0.2) is 0 Å². The number of rotatable bonds is 4. The zero-order chi connectivity index (χ0) is 14.3. The topological polar surface area (TPSA) is 44.9 Å². The van der Waals surface area contributed by atoms with Crippen LogP contribution in [0.2, 0.25) is 0 Å². The van der Waals surface area contributed by atoms with Crippen LogP contribution in [0.4, 0.5) is 0 Å². The molecular formula is C17H22N2O. The molecule has 2 aromatic rings. The lowest BCUT2D eigenvalue weighted by atomic mass is 10.1. The second-order valence-electron chi connectivity index (χ2n) is 6.00. The summed E-state index contributed by atoms with van der Waals surface area (Å²) in [5.74, 6) is 0.762. The van der Waals surface area contributed by atoms with Crippen molar-refractivity contribution in [1.29, 1.82) is 0 Å². The molecule has 3 rings (SSSR count). The van der Waals surface area contributed by atoms with Crippen molar-refractivity contribution in [2.45, 2.75) is 46.1 Å². The fourth-order valence-electron chi connectivity index (χ4n) is 2.97. The molecule has 3 nitrogen and oxygen atoms in total. The molecule has 3 heteroatoms. The number of hydrogen-bond acceptors (Lipinski definition) is 1. The van der Waals surface area contributed by atoms with Gasteiger partial charge in [0.1, 0.15) is 0 Å². The monoisotopic (exact) mass is 270 g/mol. The Kier molecular flexibility index (Phi) is 3.28. The summed E-state index contributed by atoms with van der Waals surface area (Å²) < 4.78 is 0. The number of amides is 1. The molecule has 0 aliphatic heterocycles. The number of benzene rings is 1. The minimum Gasteiger partial charge on any atom is -0.358 e. The first-order valence-corrected chi connectivity index (χ1v) is 7.50. The summed E-state index contributed by atoms with van der Waals surface area (Å²) in [4.78, 5) is 15.6. The van der Waals surface area contributed by atoms with E-state index in [1.165, 1.54) is 24.1 Å². The molecule has 0 saturated heterocycles. The maximum absolute atomic E-state index is 12.3. The van der Waals surface area contributed by atoms with Crippen molar-refractivity contribution < 1.29 is 4.79 Å². The van der Waals surface area contributed by atoms with E-state index in [1.807, 2.05) is 18.2 Å². The first kappa shape index (κ1) is 13.2. The van der Waals surface area contributed by atoms with E-state index in [2.05, 4.69) is 31.1 Å². The van der Waals surface area contributed by atoms with Gasteiger partial charge in [0.25, 0.3) is 5.91 Å². The maximum Gasteiger partial charge on any atom is 0.251 e. The van der Waals surface area contributed by atoms with Gasteiger partial charge in [0.15, 0.2) is 0 Å². The third-order valence-electron chi connectivity index (χ3n) is 4.47. The summed E-state index contributed by atoms with van der Waals surface area (Å²) in [6.07, 6.45) is 3.56. The minimum absolute atomic E-state index is 0.0637. The Hall–Kier alpha value is -1.77. The van der Waals surface area contributed by atoms with Gasteiger partial charge < -0.3 is 10.3 Å². The minimum atomic E-state index is 0.0637. The van der Waals surface area contributed by atoms with E-state index in [4.69, 9.17) is 0 Å². The zero-order valence-electron chi connectivity index (χ0n) is 12.4. The Morgan fingerprint density at radius 3 is 2.95 bits per heavy atom. The molecule has 1 aliphatic rings. The molecule has 1 amide bonds. The molecule has 0 bridgehead atoms. The largest absolute Gasteiger partial charge is 0.358 e. The molecule has 1 aliphatic carbocycles. The van der Waals surface area contributed by atoms with E-state index in [9.17, 15) is 4.79 Å². The molecule has 1 aromatic carbocycles. The fraction of sp³-hybridized carbons (Fsp3) is 0.471. The van der Waals surface area contributed by atoms with Crippen molar-refractivity contribution in [3.05, 3.63) is 35.0 Å². The number of carbonyl (C=O) groups is 1. The van der Waals surface area contributed by atoms with E-state index < -0.39 is 0 Å². The first-order chi connectivity index (χ1) is 9.60. The van der Waals surface area contributed by atoms with Gasteiger partial charge in [-0.05, 0) is 56.4 Å². The quantitative estimate of drug-likeness (QED) is 0.874. The molecule has 1 saturated carbocycles. The smallest absolute Gasteiger partial charge is 0.251 e. The van der Waals surface area contributed by atoms with Gasteiger partial charge >= 0.3 is 0 Å². The normalized spacial score (nSPS) is 21.1. The van der Waals surface area contributed by atoms with Gasteiger partial charge in [-0.15, -0.1) is 0 Å². The highest BCUT2D eigenvalue weighted by Crippen LogP contribution is 2.34. The third-order valence-corrected chi connectivity index (χ3v) is 4.47. The van der Waals surface area contributed by atoms with Crippen LogP contribution in [0.3, 0.4) is 0 Å². The molecule has 106 valence electrons. The van der Waals surface area contributed by atoms with Crippen molar-refractivity contribution in [1.82, 2.24) is 10.3 Å². The average Bonchev–Trinajstić information content (AvgIpc) is 3.09. The number of aromatic amines is 1. The first-order valence-electron chi connectivity index (χ1n) is 7.50. The van der Waals surface area contributed by atoms with Crippen LogP contribution in [0.15, 0.2) is 18.2 Å². The highest BCUT2D eigenvalue weighted by molar-refractivity contribution is 5.99. The molecule has 2 N–H and O–H groups in total. The van der Waals surface area contributed by atoms with Crippen molar-refractivity contribution in [2.75, 3.05) is 0 Å². The van der Waals surface area contributed by atoms with Crippen LogP contribution in [0.1, 0.15) is 47.8 Å². The lowest BCUT2D eigenvalue weighted by molar-refractivity contribution is 0.0949. The Bertz CT molecular complexity index is 656. The van der Waals surface area contributed by atoms with E-state index in [0.29, 0.717) is 12.0 Å². The van der Waals surface area contributed by atoms with Crippen molar-refractivity contribution in [2.24, 2.45) is 5.92 Å². The van der Waals surface area contributed by atoms with Crippen molar-refractivity contribution in [3.63, 3.8) is 0 Å². The summed E-state index contributed by atoms with van der Waals surface area (Å²) in [5.41, 5.74) is 4.27. The van der Waals surface area contributed by atoms with Crippen LogP contribution in [0.25, 0.3) is 10.9 Å². The molecular weight excluding hydrogens is 248 g/mol. The van der Waals surface area contributed by atoms with Crippen LogP contribution in [-0.2, 0) is 0 Å². The van der Waals surface area contributed by atoms with E-state index >= 15 is 0 Å². The summed E-state index contributed by atoms with van der Waals surface area (Å²) in [6.45, 7) is 6.35. The van der Waals surface area contributed by atoms with E-state index in [-0.39, 0.29) is 5.91 Å². The number of nitrogens with one attached hydrogen (secondary N) is 2. The Morgan fingerprint density at radius 1 is 1.40 bits per heavy atom. The van der Waals surface area contributed by atoms with Crippen LogP contribution in [0, 0.1) is 19.8 Å². The van der Waals surface area contributed by atoms with Gasteiger partial charge in [0, 0.05) is 28.2 Å². The molecule has 0 spiro atoms. The molecule has 1 aromatic heterocycles. The van der Waals surface area contributed by atoms with E-state index in [0.717, 1.165) is 22.9 Å². The molecule has 2 unspecified atom stereocenters. The maximum atomic E-state index is 12.3. The molecule has 1 fully saturated rings. The molecule has 0 radical (unpaired) electrons. The highest BCUT2D eigenvalue weighted by Gasteiger charge is 2.37. The Balaban J connectivity index is 1.77. The summed E-state index contributed by atoms with van der Waals surface area (Å²) in [5, 5.41) is 4.30. The van der Waals surface area contributed by atoms with Crippen molar-refractivity contribution >= 4 is 16.8 Å². The molecule has 2 atom stereocenters. The highest BCUT2D eigenvalue weighted by atomic mass is 16.1. The number of fused-ring (bicyclic) bond motifs is 1. The number of aromatic nitrogens is 1. The van der Waals surface area contributed by atoms with Gasteiger partial charge in [-0.1, -0.05) is 13.3 Å². The predicted octanol–water partition coefficient (Wildman–Crippen LogP) is 3.70. The van der Waals surface area contributed by atoms with E-state index in [1.54, 1.807) is 0 Å². The van der Waals surface area contributed by atoms with Crippen LogP contribution in [0.5, 0.6) is 0 Å². The Morgan fingerprint density at radius 2 is 2.20 bits per heavy atom. The second kappa shape index (κ2) is 4.97. The van der Waals surface area contributed by atoms with Gasteiger partial charge in [0.05, 0.1) is 0 Å². The number of carbonyl (C=O) groups excluding carboxylic acids is 1. The predicted molar refractivity (Wildman–Crippen MR) is 82.0 cm³/mol. The second-order valence-corrected chi connectivity index (χ2v) is 6.00. The molecule has 1 heterocycles. The summed E-state index contributed by atoms with van der Waals surface area (Å²) >= 11 is 0. The van der Waals surface area contributed by atoms with Crippen molar-refractivity contribution in [3.8, 4) is 0 Å². The average molecular weight is 270 g/mol. The van der Waals surface area contributed by atoms with Crippen LogP contribution >= 0.6 is 0 Å². The number of hydrogen-bond donors (Lipinski definition) is 2. The summed E-state index contributed by atoms with van der Waals surface area (Å²) in [7, 11) is 0. The van der Waals surface area contributed by atoms with Gasteiger partial charge in [-0.2, -0.15) is 0 Å². The summed E-state index contributed by atoms with van der Waals surface area (Å²) in [6, 6.07) is 6.30.